The number of hydrogen-bond donors (Lipinski definition) is 2. The van der Waals surface area contributed by atoms with Crippen LogP contribution in [-0.2, 0) is 0 Å². The molecule has 4 heteroatoms. The fourth-order valence-electron chi connectivity index (χ4n) is 3.63. The van der Waals surface area contributed by atoms with Crippen molar-refractivity contribution in [2.24, 2.45) is 0 Å². The largest absolute Gasteiger partial charge is 0.358 e. The molecule has 1 fully saturated rings. The molecule has 2 heterocycles. The summed E-state index contributed by atoms with van der Waals surface area (Å²) in [5.41, 5.74) is 4.52. The second-order valence-corrected chi connectivity index (χ2v) is 6.90. The molecule has 2 amide bonds. The number of carbonyl (C=O) groups is 1. The molecule has 0 spiro atoms. The van der Waals surface area contributed by atoms with Crippen LogP contribution in [0.3, 0.4) is 0 Å². The number of benzene rings is 2. The molecule has 1 aromatic heterocycles. The van der Waals surface area contributed by atoms with Gasteiger partial charge in [0.15, 0.2) is 0 Å². The SMILES string of the molecule is Cc1ccc2[nH]c(C3CCCN(C(=O)Nc4ccccc4)C3)cc2c1. The molecule has 4 rings (SSSR count). The molecular formula is C21H23N3O. The topological polar surface area (TPSA) is 48.1 Å². The number of fused-ring (bicyclic) bond motifs is 1. The summed E-state index contributed by atoms with van der Waals surface area (Å²) in [6.45, 7) is 3.68. The zero-order chi connectivity index (χ0) is 17.2. The molecule has 1 aliphatic heterocycles. The number of anilines is 1. The highest BCUT2D eigenvalue weighted by molar-refractivity contribution is 5.89. The summed E-state index contributed by atoms with van der Waals surface area (Å²) >= 11 is 0. The van der Waals surface area contributed by atoms with Crippen LogP contribution in [0.2, 0.25) is 0 Å². The third-order valence-electron chi connectivity index (χ3n) is 4.97. The van der Waals surface area contributed by atoms with Crippen molar-refractivity contribution in [2.75, 3.05) is 18.4 Å². The van der Waals surface area contributed by atoms with Crippen molar-refractivity contribution < 1.29 is 4.79 Å². The number of nitrogens with zero attached hydrogens (tertiary/aromatic N) is 1. The fraction of sp³-hybridized carbons (Fsp3) is 0.286. The number of aryl methyl sites for hydroxylation is 1. The minimum absolute atomic E-state index is 0.0112. The first-order valence-corrected chi connectivity index (χ1v) is 8.89. The van der Waals surface area contributed by atoms with E-state index < -0.39 is 0 Å². The Balaban J connectivity index is 1.49. The van der Waals surface area contributed by atoms with Gasteiger partial charge in [-0.05, 0) is 55.5 Å². The molecule has 4 nitrogen and oxygen atoms in total. The molecule has 2 N–H and O–H groups in total. The van der Waals surface area contributed by atoms with E-state index in [1.54, 1.807) is 0 Å². The Morgan fingerprint density at radius 3 is 2.84 bits per heavy atom. The first-order chi connectivity index (χ1) is 12.2. The standard InChI is InChI=1S/C21H23N3O/c1-15-9-10-19-17(12-15)13-20(23-19)16-6-5-11-24(14-16)21(25)22-18-7-3-2-4-8-18/h2-4,7-10,12-13,16,23H,5-6,11,14H2,1H3,(H,22,25). The van der Waals surface area contributed by atoms with Crippen LogP contribution in [0.4, 0.5) is 10.5 Å². The molecule has 0 bridgehead atoms. The number of hydrogen-bond acceptors (Lipinski definition) is 1. The Morgan fingerprint density at radius 2 is 2.00 bits per heavy atom. The molecule has 1 unspecified atom stereocenters. The van der Waals surface area contributed by atoms with Gasteiger partial charge in [0.25, 0.3) is 0 Å². The third-order valence-corrected chi connectivity index (χ3v) is 4.97. The maximum Gasteiger partial charge on any atom is 0.321 e. The highest BCUT2D eigenvalue weighted by atomic mass is 16.2. The van der Waals surface area contributed by atoms with Crippen LogP contribution in [0.5, 0.6) is 0 Å². The molecule has 3 aromatic rings. The molecule has 1 saturated heterocycles. The monoisotopic (exact) mass is 333 g/mol. The smallest absolute Gasteiger partial charge is 0.321 e. The Morgan fingerprint density at radius 1 is 1.16 bits per heavy atom. The van der Waals surface area contributed by atoms with Crippen LogP contribution in [0.25, 0.3) is 10.9 Å². The van der Waals surface area contributed by atoms with Gasteiger partial charge in [-0.3, -0.25) is 0 Å². The number of para-hydroxylation sites is 1. The van der Waals surface area contributed by atoms with Crippen molar-refractivity contribution in [3.63, 3.8) is 0 Å². The summed E-state index contributed by atoms with van der Waals surface area (Å²) in [5.74, 6) is 0.364. The third kappa shape index (κ3) is 3.38. The Kier molecular flexibility index (Phi) is 4.18. The average molecular weight is 333 g/mol. The van der Waals surface area contributed by atoms with Gasteiger partial charge < -0.3 is 15.2 Å². The number of piperidine rings is 1. The Labute approximate surface area is 147 Å². The Bertz CT molecular complexity index is 885. The first kappa shape index (κ1) is 15.8. The number of H-pyrrole nitrogens is 1. The van der Waals surface area contributed by atoms with Crippen LogP contribution in [-0.4, -0.2) is 29.0 Å². The lowest BCUT2D eigenvalue weighted by Crippen LogP contribution is -2.41. The number of amides is 2. The molecule has 0 aliphatic carbocycles. The lowest BCUT2D eigenvalue weighted by atomic mass is 9.95. The zero-order valence-corrected chi connectivity index (χ0v) is 14.5. The van der Waals surface area contributed by atoms with Crippen LogP contribution in [0, 0.1) is 6.92 Å². The zero-order valence-electron chi connectivity index (χ0n) is 14.5. The van der Waals surface area contributed by atoms with Gasteiger partial charge in [0.05, 0.1) is 0 Å². The highest BCUT2D eigenvalue weighted by Gasteiger charge is 2.25. The van der Waals surface area contributed by atoms with E-state index in [9.17, 15) is 4.79 Å². The van der Waals surface area contributed by atoms with Crippen molar-refractivity contribution in [1.29, 1.82) is 0 Å². The van der Waals surface area contributed by atoms with Gasteiger partial charge in [-0.2, -0.15) is 0 Å². The van der Waals surface area contributed by atoms with E-state index in [1.165, 1.54) is 22.2 Å². The first-order valence-electron chi connectivity index (χ1n) is 8.89. The van der Waals surface area contributed by atoms with Gasteiger partial charge in [-0.25, -0.2) is 4.79 Å². The van der Waals surface area contributed by atoms with Crippen molar-refractivity contribution >= 4 is 22.6 Å². The van der Waals surface area contributed by atoms with E-state index in [4.69, 9.17) is 0 Å². The van der Waals surface area contributed by atoms with Crippen molar-refractivity contribution in [3.8, 4) is 0 Å². The molecule has 128 valence electrons. The molecule has 0 radical (unpaired) electrons. The van der Waals surface area contributed by atoms with Gasteiger partial charge in [0.1, 0.15) is 0 Å². The van der Waals surface area contributed by atoms with Gasteiger partial charge in [0, 0.05) is 35.9 Å². The summed E-state index contributed by atoms with van der Waals surface area (Å²) in [4.78, 5) is 18.0. The predicted octanol–water partition coefficient (Wildman–Crippen LogP) is 4.89. The van der Waals surface area contributed by atoms with Crippen LogP contribution < -0.4 is 5.32 Å². The molecular weight excluding hydrogens is 310 g/mol. The second kappa shape index (κ2) is 6.63. The van der Waals surface area contributed by atoms with E-state index in [1.807, 2.05) is 35.2 Å². The summed E-state index contributed by atoms with van der Waals surface area (Å²) < 4.78 is 0. The number of aromatic nitrogens is 1. The predicted molar refractivity (Wildman–Crippen MR) is 102 cm³/mol. The molecule has 25 heavy (non-hydrogen) atoms. The lowest BCUT2D eigenvalue weighted by molar-refractivity contribution is 0.192. The quantitative estimate of drug-likeness (QED) is 0.689. The molecule has 1 atom stereocenters. The Hall–Kier alpha value is -2.75. The van der Waals surface area contributed by atoms with Crippen molar-refractivity contribution in [1.82, 2.24) is 9.88 Å². The van der Waals surface area contributed by atoms with E-state index in [0.29, 0.717) is 5.92 Å². The van der Waals surface area contributed by atoms with Gasteiger partial charge in [-0.1, -0.05) is 29.8 Å². The van der Waals surface area contributed by atoms with Crippen LogP contribution in [0.15, 0.2) is 54.6 Å². The molecule has 0 saturated carbocycles. The molecule has 2 aromatic carbocycles. The van der Waals surface area contributed by atoms with Gasteiger partial charge in [0.2, 0.25) is 0 Å². The molecule has 1 aliphatic rings. The highest BCUT2D eigenvalue weighted by Crippen LogP contribution is 2.29. The minimum Gasteiger partial charge on any atom is -0.358 e. The second-order valence-electron chi connectivity index (χ2n) is 6.90. The summed E-state index contributed by atoms with van der Waals surface area (Å²) in [7, 11) is 0. The van der Waals surface area contributed by atoms with E-state index in [0.717, 1.165) is 31.6 Å². The maximum absolute atomic E-state index is 12.6. The van der Waals surface area contributed by atoms with E-state index >= 15 is 0 Å². The lowest BCUT2D eigenvalue weighted by Gasteiger charge is -2.32. The summed E-state index contributed by atoms with van der Waals surface area (Å²) in [5, 5.41) is 4.25. The summed E-state index contributed by atoms with van der Waals surface area (Å²) in [6.07, 6.45) is 2.14. The number of likely N-dealkylation sites (tertiary alicyclic amines) is 1. The van der Waals surface area contributed by atoms with Crippen LogP contribution in [0.1, 0.15) is 30.0 Å². The van der Waals surface area contributed by atoms with E-state index in [-0.39, 0.29) is 6.03 Å². The fourth-order valence-corrected chi connectivity index (χ4v) is 3.63. The average Bonchev–Trinajstić information content (AvgIpc) is 3.06. The van der Waals surface area contributed by atoms with Crippen molar-refractivity contribution in [3.05, 3.63) is 65.9 Å². The van der Waals surface area contributed by atoms with Gasteiger partial charge >= 0.3 is 6.03 Å². The van der Waals surface area contributed by atoms with E-state index in [2.05, 4.69) is 41.5 Å². The number of aromatic amines is 1. The van der Waals surface area contributed by atoms with Crippen LogP contribution >= 0.6 is 0 Å². The van der Waals surface area contributed by atoms with Crippen molar-refractivity contribution in [2.45, 2.75) is 25.7 Å². The summed E-state index contributed by atoms with van der Waals surface area (Å²) in [6, 6.07) is 18.3. The maximum atomic E-state index is 12.6. The number of rotatable bonds is 2. The number of nitrogens with one attached hydrogen (secondary N) is 2. The minimum atomic E-state index is -0.0112. The number of carbonyl (C=O) groups excluding carboxylic acids is 1. The van der Waals surface area contributed by atoms with Gasteiger partial charge in [-0.15, -0.1) is 0 Å². The number of urea groups is 1. The normalized spacial score (nSPS) is 17.6.